The second kappa shape index (κ2) is 5.26. The Kier molecular flexibility index (Phi) is 5.30. The molecule has 0 aromatic rings. The number of aliphatic hydroxyl groups excluding tert-OH is 1. The van der Waals surface area contributed by atoms with E-state index in [1.165, 1.54) is 0 Å². The molecule has 1 unspecified atom stereocenters. The smallest absolute Gasteiger partial charge is 0.389 e. The average molecular weight is 230 g/mol. The first-order valence-electron chi connectivity index (χ1n) is 4.55. The van der Waals surface area contributed by atoms with E-state index in [1.54, 1.807) is 13.8 Å². The molecule has 0 aliphatic rings. The van der Waals surface area contributed by atoms with Crippen LogP contribution < -0.4 is 0 Å². The van der Waals surface area contributed by atoms with Crippen LogP contribution in [0.15, 0.2) is 0 Å². The summed E-state index contributed by atoms with van der Waals surface area (Å²) in [7, 11) is 0. The topological polar surface area (TPSA) is 20.2 Å². The van der Waals surface area contributed by atoms with Gasteiger partial charge in [-0.15, -0.1) is 0 Å². The number of hydrogen-bond acceptors (Lipinski definition) is 2. The van der Waals surface area contributed by atoms with Gasteiger partial charge in [0.25, 0.3) is 0 Å². The molecule has 0 aliphatic heterocycles. The van der Waals surface area contributed by atoms with Gasteiger partial charge in [0.2, 0.25) is 0 Å². The molecule has 1 atom stereocenters. The molecule has 0 aromatic carbocycles. The third-order valence-corrected chi connectivity index (χ3v) is 2.70. The van der Waals surface area contributed by atoms with E-state index >= 15 is 0 Å². The number of thiol groups is 1. The van der Waals surface area contributed by atoms with E-state index in [0.717, 1.165) is 0 Å². The Hall–Kier alpha value is 0.100. The fourth-order valence-corrected chi connectivity index (χ4v) is 1.65. The summed E-state index contributed by atoms with van der Waals surface area (Å²) < 4.78 is 35.5. The molecule has 0 saturated carbocycles. The van der Waals surface area contributed by atoms with Gasteiger partial charge >= 0.3 is 6.18 Å². The predicted octanol–water partition coefficient (Wildman–Crippen LogP) is 3.04. The Balaban J connectivity index is 3.88. The van der Waals surface area contributed by atoms with Crippen molar-refractivity contribution in [1.29, 1.82) is 0 Å². The van der Waals surface area contributed by atoms with Crippen LogP contribution in [0.2, 0.25) is 0 Å². The Labute approximate surface area is 88.1 Å². The number of rotatable bonds is 5. The summed E-state index contributed by atoms with van der Waals surface area (Å²) in [5, 5.41) is 9.46. The van der Waals surface area contributed by atoms with Gasteiger partial charge in [0.15, 0.2) is 0 Å². The van der Waals surface area contributed by atoms with E-state index in [-0.39, 0.29) is 12.2 Å². The number of halogens is 3. The van der Waals surface area contributed by atoms with Crippen LogP contribution in [0.3, 0.4) is 0 Å². The van der Waals surface area contributed by atoms with Crippen molar-refractivity contribution in [2.75, 3.05) is 5.75 Å². The van der Waals surface area contributed by atoms with Crippen LogP contribution in [0.1, 0.15) is 33.1 Å². The highest BCUT2D eigenvalue weighted by Gasteiger charge is 2.30. The Bertz CT molecular complexity index is 168. The molecule has 0 amide bonds. The SMILES string of the molecule is CC(C)(CCCC(F)(F)F)C(O)CS. The van der Waals surface area contributed by atoms with Crippen molar-refractivity contribution in [2.45, 2.75) is 45.4 Å². The van der Waals surface area contributed by atoms with Crippen molar-refractivity contribution in [1.82, 2.24) is 0 Å². The number of aliphatic hydroxyl groups is 1. The molecular formula is C9H17F3OS. The van der Waals surface area contributed by atoms with Crippen molar-refractivity contribution < 1.29 is 18.3 Å². The summed E-state index contributed by atoms with van der Waals surface area (Å²) in [6.45, 7) is 3.51. The van der Waals surface area contributed by atoms with E-state index in [0.29, 0.717) is 6.42 Å². The summed E-state index contributed by atoms with van der Waals surface area (Å²) >= 11 is 3.92. The maximum absolute atomic E-state index is 11.8. The third kappa shape index (κ3) is 5.75. The first-order valence-corrected chi connectivity index (χ1v) is 5.18. The highest BCUT2D eigenvalue weighted by Crippen LogP contribution is 2.31. The van der Waals surface area contributed by atoms with Gasteiger partial charge in [-0.05, 0) is 18.3 Å². The molecule has 0 radical (unpaired) electrons. The Morgan fingerprint density at radius 1 is 1.21 bits per heavy atom. The number of alkyl halides is 3. The Morgan fingerprint density at radius 2 is 1.71 bits per heavy atom. The normalized spacial score (nSPS) is 15.6. The molecular weight excluding hydrogens is 213 g/mol. The van der Waals surface area contributed by atoms with Crippen LogP contribution in [-0.4, -0.2) is 23.1 Å². The molecule has 0 rings (SSSR count). The third-order valence-electron chi connectivity index (χ3n) is 2.36. The summed E-state index contributed by atoms with van der Waals surface area (Å²) in [6.07, 6.45) is -5.12. The minimum Gasteiger partial charge on any atom is -0.392 e. The summed E-state index contributed by atoms with van der Waals surface area (Å²) in [5.41, 5.74) is -0.493. The lowest BCUT2D eigenvalue weighted by atomic mass is 9.82. The van der Waals surface area contributed by atoms with Gasteiger partial charge in [0, 0.05) is 12.2 Å². The zero-order valence-corrected chi connectivity index (χ0v) is 9.33. The quantitative estimate of drug-likeness (QED) is 0.696. The van der Waals surface area contributed by atoms with Gasteiger partial charge in [0.05, 0.1) is 6.10 Å². The molecule has 0 saturated heterocycles. The van der Waals surface area contributed by atoms with E-state index in [4.69, 9.17) is 0 Å². The van der Waals surface area contributed by atoms with Gasteiger partial charge in [0.1, 0.15) is 0 Å². The standard InChI is InChI=1S/C9H17F3OS/c1-8(2,7(13)6-14)4-3-5-9(10,11)12/h7,13-14H,3-6H2,1-2H3. The van der Waals surface area contributed by atoms with Crippen LogP contribution in [-0.2, 0) is 0 Å². The van der Waals surface area contributed by atoms with Crippen LogP contribution in [0.5, 0.6) is 0 Å². The van der Waals surface area contributed by atoms with Crippen molar-refractivity contribution in [2.24, 2.45) is 5.41 Å². The highest BCUT2D eigenvalue weighted by molar-refractivity contribution is 7.80. The van der Waals surface area contributed by atoms with E-state index < -0.39 is 24.1 Å². The van der Waals surface area contributed by atoms with E-state index in [9.17, 15) is 18.3 Å². The van der Waals surface area contributed by atoms with Crippen LogP contribution in [0.25, 0.3) is 0 Å². The molecule has 0 bridgehead atoms. The maximum atomic E-state index is 11.8. The monoisotopic (exact) mass is 230 g/mol. The summed E-state index contributed by atoms with van der Waals surface area (Å²) in [4.78, 5) is 0. The van der Waals surface area contributed by atoms with Crippen LogP contribution in [0, 0.1) is 5.41 Å². The van der Waals surface area contributed by atoms with Crippen molar-refractivity contribution in [3.05, 3.63) is 0 Å². The average Bonchev–Trinajstić information content (AvgIpc) is 2.00. The first-order chi connectivity index (χ1) is 6.19. The molecule has 1 nitrogen and oxygen atoms in total. The lowest BCUT2D eigenvalue weighted by Crippen LogP contribution is -2.31. The molecule has 86 valence electrons. The van der Waals surface area contributed by atoms with Gasteiger partial charge in [-0.25, -0.2) is 0 Å². The molecule has 0 fully saturated rings. The second-order valence-electron chi connectivity index (χ2n) is 4.16. The highest BCUT2D eigenvalue weighted by atomic mass is 32.1. The maximum Gasteiger partial charge on any atom is 0.389 e. The van der Waals surface area contributed by atoms with Gasteiger partial charge in [-0.1, -0.05) is 13.8 Å². The zero-order chi connectivity index (χ0) is 11.4. The van der Waals surface area contributed by atoms with Crippen molar-refractivity contribution in [3.63, 3.8) is 0 Å². The van der Waals surface area contributed by atoms with Crippen LogP contribution in [0.4, 0.5) is 13.2 Å². The molecule has 0 spiro atoms. The lowest BCUT2D eigenvalue weighted by molar-refractivity contribution is -0.137. The molecule has 5 heteroatoms. The van der Waals surface area contributed by atoms with E-state index in [2.05, 4.69) is 12.6 Å². The minimum absolute atomic E-state index is 0.0569. The fourth-order valence-electron chi connectivity index (χ4n) is 1.16. The first kappa shape index (κ1) is 14.1. The zero-order valence-electron chi connectivity index (χ0n) is 8.43. The summed E-state index contributed by atoms with van der Waals surface area (Å²) in [5.74, 6) is 0.277. The lowest BCUT2D eigenvalue weighted by Gasteiger charge is -2.29. The predicted molar refractivity (Wildman–Crippen MR) is 53.5 cm³/mol. The van der Waals surface area contributed by atoms with Crippen LogP contribution >= 0.6 is 12.6 Å². The van der Waals surface area contributed by atoms with Crippen molar-refractivity contribution in [3.8, 4) is 0 Å². The minimum atomic E-state index is -4.10. The molecule has 1 N–H and O–H groups in total. The Morgan fingerprint density at radius 3 is 2.07 bits per heavy atom. The largest absolute Gasteiger partial charge is 0.392 e. The molecule has 0 heterocycles. The van der Waals surface area contributed by atoms with Crippen molar-refractivity contribution >= 4 is 12.6 Å². The van der Waals surface area contributed by atoms with Gasteiger partial charge in [-0.2, -0.15) is 25.8 Å². The van der Waals surface area contributed by atoms with Gasteiger partial charge < -0.3 is 5.11 Å². The second-order valence-corrected chi connectivity index (χ2v) is 4.52. The molecule has 0 aromatic heterocycles. The molecule has 14 heavy (non-hydrogen) atoms. The summed E-state index contributed by atoms with van der Waals surface area (Å²) in [6, 6.07) is 0. The molecule has 0 aliphatic carbocycles. The fraction of sp³-hybridized carbons (Fsp3) is 1.00. The van der Waals surface area contributed by atoms with E-state index in [1.807, 2.05) is 0 Å². The van der Waals surface area contributed by atoms with Gasteiger partial charge in [-0.3, -0.25) is 0 Å². The number of hydrogen-bond donors (Lipinski definition) is 2.